The summed E-state index contributed by atoms with van der Waals surface area (Å²) >= 11 is 0. The molecule has 2 aliphatic rings. The minimum Gasteiger partial charge on any atom is -0.506 e. The van der Waals surface area contributed by atoms with Crippen LogP contribution in [0.4, 0.5) is 5.82 Å². The van der Waals surface area contributed by atoms with Crippen LogP contribution in [0.15, 0.2) is 54.6 Å². The molecule has 180 valence electrons. The van der Waals surface area contributed by atoms with E-state index in [4.69, 9.17) is 9.97 Å². The summed E-state index contributed by atoms with van der Waals surface area (Å²) in [5, 5.41) is 11.1. The number of pyridine rings is 1. The Kier molecular flexibility index (Phi) is 5.55. The van der Waals surface area contributed by atoms with Gasteiger partial charge < -0.3 is 19.5 Å². The Labute approximate surface area is 205 Å². The van der Waals surface area contributed by atoms with E-state index in [1.165, 1.54) is 0 Å². The first-order valence-electron chi connectivity index (χ1n) is 12.7. The van der Waals surface area contributed by atoms with Crippen molar-refractivity contribution in [1.82, 2.24) is 19.4 Å². The molecule has 7 heteroatoms. The van der Waals surface area contributed by atoms with Gasteiger partial charge in [-0.1, -0.05) is 24.3 Å². The molecule has 1 amide bonds. The minimum absolute atomic E-state index is 0.0279. The van der Waals surface area contributed by atoms with Gasteiger partial charge in [0.25, 0.3) is 0 Å². The van der Waals surface area contributed by atoms with Gasteiger partial charge in [0.05, 0.1) is 17.1 Å². The van der Waals surface area contributed by atoms with Crippen LogP contribution in [0, 0.1) is 5.92 Å². The van der Waals surface area contributed by atoms with Crippen LogP contribution in [-0.4, -0.2) is 50.1 Å². The number of benzene rings is 2. The van der Waals surface area contributed by atoms with Gasteiger partial charge in [0.15, 0.2) is 0 Å². The molecule has 4 aromatic rings. The Balaban J connectivity index is 1.18. The van der Waals surface area contributed by atoms with E-state index in [2.05, 4.69) is 39.5 Å². The Morgan fingerprint density at radius 1 is 0.971 bits per heavy atom. The number of piperidine rings is 1. The zero-order valence-corrected chi connectivity index (χ0v) is 20.1. The second-order valence-corrected chi connectivity index (χ2v) is 9.67. The molecule has 0 spiro atoms. The van der Waals surface area contributed by atoms with Gasteiger partial charge in [-0.05, 0) is 62.9 Å². The molecule has 0 saturated carbocycles. The van der Waals surface area contributed by atoms with Crippen LogP contribution in [0.2, 0.25) is 0 Å². The highest BCUT2D eigenvalue weighted by atomic mass is 16.3. The van der Waals surface area contributed by atoms with Crippen LogP contribution in [0.25, 0.3) is 21.9 Å². The number of aromatic hydroxyl groups is 1. The Bertz CT molecular complexity index is 1390. The number of hydrogen-bond donors (Lipinski definition) is 1. The van der Waals surface area contributed by atoms with E-state index in [-0.39, 0.29) is 23.6 Å². The van der Waals surface area contributed by atoms with E-state index in [1.54, 1.807) is 6.07 Å². The van der Waals surface area contributed by atoms with E-state index in [0.29, 0.717) is 5.52 Å². The number of anilines is 1. The summed E-state index contributed by atoms with van der Waals surface area (Å²) in [6.45, 7) is 5.38. The lowest BCUT2D eigenvalue weighted by atomic mass is 9.94. The largest absolute Gasteiger partial charge is 0.506 e. The van der Waals surface area contributed by atoms with E-state index in [0.717, 1.165) is 79.9 Å². The number of hydrogen-bond acceptors (Lipinski definition) is 5. The Hall–Kier alpha value is -3.61. The van der Waals surface area contributed by atoms with Crippen LogP contribution < -0.4 is 4.90 Å². The number of imidazole rings is 1. The zero-order valence-electron chi connectivity index (χ0n) is 20.1. The van der Waals surface area contributed by atoms with Gasteiger partial charge >= 0.3 is 0 Å². The molecule has 2 aromatic heterocycles. The molecule has 1 N–H and O–H groups in total. The van der Waals surface area contributed by atoms with Crippen LogP contribution in [-0.2, 0) is 11.3 Å². The molecule has 4 heterocycles. The smallest absolute Gasteiger partial charge is 0.226 e. The topological polar surface area (TPSA) is 74.5 Å². The summed E-state index contributed by atoms with van der Waals surface area (Å²) in [5.74, 6) is 2.39. The van der Waals surface area contributed by atoms with Gasteiger partial charge in [-0.15, -0.1) is 0 Å². The third-order valence-electron chi connectivity index (χ3n) is 7.69. The molecule has 0 aliphatic carbocycles. The van der Waals surface area contributed by atoms with Crippen LogP contribution >= 0.6 is 0 Å². The third kappa shape index (κ3) is 3.79. The molecule has 6 rings (SSSR count). The molecule has 35 heavy (non-hydrogen) atoms. The highest BCUT2D eigenvalue weighted by molar-refractivity contribution is 5.86. The fraction of sp³-hybridized carbons (Fsp3) is 0.393. The van der Waals surface area contributed by atoms with Crippen molar-refractivity contribution in [2.45, 2.75) is 45.2 Å². The molecule has 7 nitrogen and oxygen atoms in total. The molecule has 1 atom stereocenters. The van der Waals surface area contributed by atoms with Gasteiger partial charge in [0.2, 0.25) is 5.91 Å². The van der Waals surface area contributed by atoms with E-state index >= 15 is 0 Å². The first-order chi connectivity index (χ1) is 17.1. The van der Waals surface area contributed by atoms with Gasteiger partial charge in [0, 0.05) is 37.5 Å². The molecule has 1 unspecified atom stereocenters. The number of rotatable bonds is 4. The molecule has 2 saturated heterocycles. The first kappa shape index (κ1) is 21.9. The lowest BCUT2D eigenvalue weighted by molar-refractivity contribution is -0.137. The van der Waals surface area contributed by atoms with Gasteiger partial charge in [-0.2, -0.15) is 0 Å². The number of aromatic nitrogens is 3. The van der Waals surface area contributed by atoms with E-state index in [9.17, 15) is 9.90 Å². The number of likely N-dealkylation sites (tertiary alicyclic amines) is 1. The van der Waals surface area contributed by atoms with Crippen molar-refractivity contribution < 1.29 is 9.90 Å². The van der Waals surface area contributed by atoms with Crippen LogP contribution in [0.1, 0.15) is 44.5 Å². The van der Waals surface area contributed by atoms with Crippen molar-refractivity contribution in [1.29, 1.82) is 0 Å². The molecular formula is C28H31N5O2. The van der Waals surface area contributed by atoms with E-state index in [1.807, 2.05) is 30.3 Å². The van der Waals surface area contributed by atoms with Gasteiger partial charge in [-0.3, -0.25) is 4.79 Å². The maximum atomic E-state index is 13.7. The van der Waals surface area contributed by atoms with Crippen LogP contribution in [0.3, 0.4) is 0 Å². The maximum Gasteiger partial charge on any atom is 0.226 e. The highest BCUT2D eigenvalue weighted by Crippen LogP contribution is 2.36. The average molecular weight is 470 g/mol. The number of aryl methyl sites for hydroxylation is 1. The van der Waals surface area contributed by atoms with Crippen molar-refractivity contribution in [2.24, 2.45) is 5.92 Å². The normalized spacial score (nSPS) is 19.2. The minimum atomic E-state index is 0.0279. The fourth-order valence-electron chi connectivity index (χ4n) is 5.87. The van der Waals surface area contributed by atoms with Crippen molar-refractivity contribution in [3.8, 4) is 5.75 Å². The predicted molar refractivity (Wildman–Crippen MR) is 137 cm³/mol. The lowest BCUT2D eigenvalue weighted by Crippen LogP contribution is -2.43. The molecule has 2 fully saturated rings. The van der Waals surface area contributed by atoms with Crippen molar-refractivity contribution in [2.75, 3.05) is 24.5 Å². The van der Waals surface area contributed by atoms with Crippen molar-refractivity contribution in [3.05, 3.63) is 60.4 Å². The zero-order chi connectivity index (χ0) is 23.9. The van der Waals surface area contributed by atoms with Crippen molar-refractivity contribution in [3.63, 3.8) is 0 Å². The summed E-state index contributed by atoms with van der Waals surface area (Å²) in [6.07, 6.45) is 3.62. The predicted octanol–water partition coefficient (Wildman–Crippen LogP) is 4.89. The van der Waals surface area contributed by atoms with Crippen molar-refractivity contribution >= 4 is 33.7 Å². The number of para-hydroxylation sites is 3. The van der Waals surface area contributed by atoms with Gasteiger partial charge in [-0.25, -0.2) is 9.97 Å². The van der Waals surface area contributed by atoms with Crippen LogP contribution in [0.5, 0.6) is 5.75 Å². The molecule has 2 aromatic carbocycles. The number of nitrogens with zero attached hydrogens (tertiary/aromatic N) is 5. The fourth-order valence-corrected chi connectivity index (χ4v) is 5.87. The summed E-state index contributed by atoms with van der Waals surface area (Å²) in [4.78, 5) is 27.7. The summed E-state index contributed by atoms with van der Waals surface area (Å²) < 4.78 is 2.27. The molecular weight excluding hydrogens is 438 g/mol. The molecule has 2 aliphatic heterocycles. The second kappa shape index (κ2) is 8.87. The second-order valence-electron chi connectivity index (χ2n) is 9.67. The average Bonchev–Trinajstić information content (AvgIpc) is 3.53. The first-order valence-corrected chi connectivity index (χ1v) is 12.7. The maximum absolute atomic E-state index is 13.7. The lowest BCUT2D eigenvalue weighted by Gasteiger charge is -2.35. The SMILES string of the molecule is CCn1c(C2CCCN2C(=O)C2CCN(c3ccc4cccc(O)c4n3)CC2)nc2ccccc21. The number of carbonyl (C=O) groups excluding carboxylic acids is 1. The van der Waals surface area contributed by atoms with Gasteiger partial charge in [0.1, 0.15) is 22.9 Å². The summed E-state index contributed by atoms with van der Waals surface area (Å²) in [7, 11) is 0. The number of phenols is 1. The number of phenolic OH excluding ortho intramolecular Hbond substituents is 1. The molecule has 0 radical (unpaired) electrons. The Morgan fingerprint density at radius 2 is 1.80 bits per heavy atom. The molecule has 0 bridgehead atoms. The Morgan fingerprint density at radius 3 is 2.63 bits per heavy atom. The highest BCUT2D eigenvalue weighted by Gasteiger charge is 2.37. The number of amides is 1. The number of fused-ring (bicyclic) bond motifs is 2. The number of carbonyl (C=O) groups is 1. The van der Waals surface area contributed by atoms with E-state index < -0.39 is 0 Å². The summed E-state index contributed by atoms with van der Waals surface area (Å²) in [6, 6.07) is 17.8. The standard InChI is InChI=1S/C28H31N5O2/c1-2-32-22-9-4-3-8-21(22)29-27(32)23-10-6-16-33(23)28(35)20-14-17-31(18-15-20)25-13-12-19-7-5-11-24(34)26(19)30-25/h3-5,7-9,11-13,20,23,34H,2,6,10,14-18H2,1H3. The summed E-state index contributed by atoms with van der Waals surface area (Å²) in [5.41, 5.74) is 2.78. The quantitative estimate of drug-likeness (QED) is 0.461. The third-order valence-corrected chi connectivity index (χ3v) is 7.69. The monoisotopic (exact) mass is 469 g/mol.